The molecule has 0 saturated carbocycles. The largest absolute Gasteiger partial charge is 0.489 e. The van der Waals surface area contributed by atoms with Crippen LogP contribution in [0.4, 0.5) is 0 Å². The van der Waals surface area contributed by atoms with Gasteiger partial charge in [-0.2, -0.15) is 0 Å². The van der Waals surface area contributed by atoms with Gasteiger partial charge < -0.3 is 19.1 Å². The number of carbonyl (C=O) groups excluding carboxylic acids is 1. The molecule has 1 heterocycles. The number of fused-ring (bicyclic) bond motifs is 1. The summed E-state index contributed by atoms with van der Waals surface area (Å²) in [5, 5.41) is 2.31. The fourth-order valence-electron chi connectivity index (χ4n) is 4.10. The maximum Gasteiger partial charge on any atom is 0.253 e. The molecule has 0 aliphatic rings. The van der Waals surface area contributed by atoms with Crippen molar-refractivity contribution in [1.82, 2.24) is 19.4 Å². The van der Waals surface area contributed by atoms with Crippen molar-refractivity contribution in [3.8, 4) is 5.75 Å². The summed E-state index contributed by atoms with van der Waals surface area (Å²) in [4.78, 5) is 20.1. The first-order chi connectivity index (χ1) is 16.3. The summed E-state index contributed by atoms with van der Waals surface area (Å²) in [6.07, 6.45) is 5.73. The number of benzene rings is 3. The van der Waals surface area contributed by atoms with Crippen LogP contribution in [-0.4, -0.2) is 59.5 Å². The van der Waals surface area contributed by atoms with Crippen molar-refractivity contribution in [2.75, 3.05) is 28.2 Å². The molecule has 0 aliphatic carbocycles. The lowest BCUT2D eigenvalue weighted by atomic mass is 9.96. The minimum Gasteiger partial charge on any atom is -0.489 e. The smallest absolute Gasteiger partial charge is 0.253 e. The van der Waals surface area contributed by atoms with Crippen molar-refractivity contribution in [2.45, 2.75) is 25.6 Å². The summed E-state index contributed by atoms with van der Waals surface area (Å²) < 4.78 is 8.21. The molecule has 34 heavy (non-hydrogen) atoms. The van der Waals surface area contributed by atoms with Crippen molar-refractivity contribution in [3.63, 3.8) is 0 Å². The van der Waals surface area contributed by atoms with E-state index in [1.807, 2.05) is 49.1 Å². The molecule has 0 fully saturated rings. The highest BCUT2D eigenvalue weighted by Gasteiger charge is 2.22. The predicted octanol–water partition coefficient (Wildman–Crippen LogP) is 4.86. The topological polar surface area (TPSA) is 50.6 Å². The van der Waals surface area contributed by atoms with Crippen LogP contribution < -0.4 is 4.74 Å². The van der Waals surface area contributed by atoms with Crippen LogP contribution in [0, 0.1) is 0 Å². The van der Waals surface area contributed by atoms with Gasteiger partial charge in [-0.1, -0.05) is 30.3 Å². The average molecular weight is 457 g/mol. The molecule has 2 unspecified atom stereocenters. The number of hydrogen-bond acceptors (Lipinski definition) is 4. The standard InChI is InChI=1S/C28H32N4O2/c1-20(30(2)3)27(32-15-14-29-19-32)25-11-10-24-17-26(13-12-23(24)16-25)34-18-21-6-8-22(9-7-21)28(33)31(4)5/h6-17,19-20,27H,18H2,1-5H3. The normalized spacial score (nSPS) is 13.1. The molecule has 1 amide bonds. The van der Waals surface area contributed by atoms with Crippen LogP contribution >= 0.6 is 0 Å². The molecule has 0 saturated heterocycles. The Hall–Kier alpha value is -3.64. The summed E-state index contributed by atoms with van der Waals surface area (Å²) >= 11 is 0. The van der Waals surface area contributed by atoms with Gasteiger partial charge in [0.15, 0.2) is 0 Å². The van der Waals surface area contributed by atoms with Gasteiger partial charge in [-0.05, 0) is 73.3 Å². The second-order valence-electron chi connectivity index (χ2n) is 9.11. The fourth-order valence-corrected chi connectivity index (χ4v) is 4.10. The Morgan fingerprint density at radius 3 is 2.32 bits per heavy atom. The number of ether oxygens (including phenoxy) is 1. The van der Waals surface area contributed by atoms with E-state index < -0.39 is 0 Å². The summed E-state index contributed by atoms with van der Waals surface area (Å²) in [6, 6.07) is 20.8. The number of aromatic nitrogens is 2. The Balaban J connectivity index is 1.50. The average Bonchev–Trinajstić information content (AvgIpc) is 3.37. The molecule has 0 spiro atoms. The Morgan fingerprint density at radius 1 is 0.971 bits per heavy atom. The van der Waals surface area contributed by atoms with E-state index in [2.05, 4.69) is 65.8 Å². The summed E-state index contributed by atoms with van der Waals surface area (Å²) in [5.41, 5.74) is 2.94. The number of carbonyl (C=O) groups is 1. The maximum atomic E-state index is 12.1. The highest BCUT2D eigenvalue weighted by molar-refractivity contribution is 5.93. The number of nitrogens with zero attached hydrogens (tertiary/aromatic N) is 4. The first kappa shape index (κ1) is 23.5. The molecule has 0 N–H and O–H groups in total. The van der Waals surface area contributed by atoms with Crippen LogP contribution in [0.3, 0.4) is 0 Å². The van der Waals surface area contributed by atoms with E-state index in [1.165, 1.54) is 10.9 Å². The molecule has 0 radical (unpaired) electrons. The van der Waals surface area contributed by atoms with Crippen molar-refractivity contribution in [2.24, 2.45) is 0 Å². The van der Waals surface area contributed by atoms with Gasteiger partial charge in [0.1, 0.15) is 12.4 Å². The van der Waals surface area contributed by atoms with Crippen LogP contribution in [0.15, 0.2) is 79.4 Å². The Kier molecular flexibility index (Phi) is 6.98. The predicted molar refractivity (Wildman–Crippen MR) is 136 cm³/mol. The van der Waals surface area contributed by atoms with Crippen LogP contribution in [-0.2, 0) is 6.61 Å². The summed E-state index contributed by atoms with van der Waals surface area (Å²) in [7, 11) is 7.71. The third kappa shape index (κ3) is 5.13. The Bertz CT molecular complexity index is 1250. The molecule has 6 heteroatoms. The lowest BCUT2D eigenvalue weighted by Gasteiger charge is -2.31. The second kappa shape index (κ2) is 10.1. The van der Waals surface area contributed by atoms with Gasteiger partial charge in [-0.25, -0.2) is 4.98 Å². The third-order valence-corrected chi connectivity index (χ3v) is 6.31. The molecule has 4 rings (SSSR count). The van der Waals surface area contributed by atoms with Crippen LogP contribution in [0.25, 0.3) is 10.8 Å². The van der Waals surface area contributed by atoms with Crippen LogP contribution in [0.2, 0.25) is 0 Å². The Labute approximate surface area is 201 Å². The molecule has 176 valence electrons. The quantitative estimate of drug-likeness (QED) is 0.380. The third-order valence-electron chi connectivity index (χ3n) is 6.31. The van der Waals surface area contributed by atoms with E-state index in [9.17, 15) is 4.79 Å². The lowest BCUT2D eigenvalue weighted by molar-refractivity contribution is 0.0827. The van der Waals surface area contributed by atoms with Gasteiger partial charge in [0.2, 0.25) is 0 Å². The molecular formula is C28H32N4O2. The van der Waals surface area contributed by atoms with Gasteiger partial charge in [0.25, 0.3) is 5.91 Å². The minimum atomic E-state index is -0.00313. The van der Waals surface area contributed by atoms with Crippen molar-refractivity contribution < 1.29 is 9.53 Å². The van der Waals surface area contributed by atoms with Crippen LogP contribution in [0.1, 0.15) is 34.5 Å². The fraction of sp³-hybridized carbons (Fsp3) is 0.286. The minimum absolute atomic E-state index is 0.00313. The van der Waals surface area contributed by atoms with Gasteiger partial charge >= 0.3 is 0 Å². The molecule has 0 aliphatic heterocycles. The van der Waals surface area contributed by atoms with E-state index in [0.29, 0.717) is 18.2 Å². The summed E-state index contributed by atoms with van der Waals surface area (Å²) in [6.45, 7) is 2.68. The van der Waals surface area contributed by atoms with Crippen molar-refractivity contribution in [1.29, 1.82) is 0 Å². The zero-order valence-corrected chi connectivity index (χ0v) is 20.5. The molecule has 6 nitrogen and oxygen atoms in total. The van der Waals surface area contributed by atoms with E-state index >= 15 is 0 Å². The van der Waals surface area contributed by atoms with E-state index in [0.717, 1.165) is 16.7 Å². The van der Waals surface area contributed by atoms with Gasteiger partial charge in [-0.3, -0.25) is 4.79 Å². The molecule has 0 bridgehead atoms. The van der Waals surface area contributed by atoms with Crippen LogP contribution in [0.5, 0.6) is 5.75 Å². The number of rotatable bonds is 8. The van der Waals surface area contributed by atoms with E-state index in [1.54, 1.807) is 19.0 Å². The monoisotopic (exact) mass is 456 g/mol. The number of imidazole rings is 1. The second-order valence-corrected chi connectivity index (χ2v) is 9.11. The van der Waals surface area contributed by atoms with Gasteiger partial charge in [0.05, 0.1) is 12.4 Å². The zero-order chi connectivity index (χ0) is 24.2. The first-order valence-corrected chi connectivity index (χ1v) is 11.4. The Morgan fingerprint density at radius 2 is 1.68 bits per heavy atom. The molecular weight excluding hydrogens is 424 g/mol. The highest BCUT2D eigenvalue weighted by atomic mass is 16.5. The lowest BCUT2D eigenvalue weighted by Crippen LogP contribution is -2.34. The number of amides is 1. The summed E-state index contributed by atoms with van der Waals surface area (Å²) in [5.74, 6) is 0.818. The van der Waals surface area contributed by atoms with Gasteiger partial charge in [-0.15, -0.1) is 0 Å². The number of hydrogen-bond donors (Lipinski definition) is 0. The van der Waals surface area contributed by atoms with E-state index in [-0.39, 0.29) is 11.9 Å². The molecule has 3 aromatic carbocycles. The highest BCUT2D eigenvalue weighted by Crippen LogP contribution is 2.29. The molecule has 4 aromatic rings. The van der Waals surface area contributed by atoms with E-state index in [4.69, 9.17) is 4.74 Å². The van der Waals surface area contributed by atoms with Crippen molar-refractivity contribution in [3.05, 3.63) is 96.1 Å². The SMILES string of the molecule is CC(C(c1ccc2cc(OCc3ccc(C(=O)N(C)C)cc3)ccc2c1)n1ccnc1)N(C)C. The first-order valence-electron chi connectivity index (χ1n) is 11.4. The molecule has 1 aromatic heterocycles. The van der Waals surface area contributed by atoms with Gasteiger partial charge in [0, 0.05) is 38.1 Å². The van der Waals surface area contributed by atoms with Crippen molar-refractivity contribution >= 4 is 16.7 Å². The maximum absolute atomic E-state index is 12.1. The number of likely N-dealkylation sites (N-methyl/N-ethyl adjacent to an activating group) is 1. The zero-order valence-electron chi connectivity index (χ0n) is 20.5. The molecule has 2 atom stereocenters.